The van der Waals surface area contributed by atoms with Crippen LogP contribution in [0.4, 0.5) is 0 Å². The Bertz CT molecular complexity index is 986. The first kappa shape index (κ1) is 11.8. The highest BCUT2D eigenvalue weighted by Gasteiger charge is 2.22. The molecule has 3 heterocycles. The molecule has 7 heteroatoms. The molecular weight excluding hydrogens is 270 g/mol. The van der Waals surface area contributed by atoms with E-state index in [0.29, 0.717) is 34.1 Å². The van der Waals surface area contributed by atoms with E-state index < -0.39 is 0 Å². The lowest BCUT2D eigenvalue weighted by Gasteiger charge is -2.08. The molecular formula is C14H11N5O2. The third-order valence-corrected chi connectivity index (χ3v) is 3.51. The van der Waals surface area contributed by atoms with Crippen LogP contribution in [-0.2, 0) is 0 Å². The minimum Gasteiger partial charge on any atom is -0.618 e. The zero-order valence-corrected chi connectivity index (χ0v) is 11.4. The van der Waals surface area contributed by atoms with Gasteiger partial charge in [-0.05, 0) is 13.0 Å². The summed E-state index contributed by atoms with van der Waals surface area (Å²) in [6.07, 6.45) is 1.67. The smallest absolute Gasteiger partial charge is 0.279 e. The topological polar surface area (TPSA) is 83.2 Å². The number of fused-ring (bicyclic) bond motifs is 3. The van der Waals surface area contributed by atoms with E-state index in [0.717, 1.165) is 10.2 Å². The van der Waals surface area contributed by atoms with Gasteiger partial charge in [0.25, 0.3) is 5.89 Å². The van der Waals surface area contributed by atoms with Crippen LogP contribution in [0.3, 0.4) is 0 Å². The van der Waals surface area contributed by atoms with Gasteiger partial charge in [0.1, 0.15) is 17.4 Å². The molecule has 0 spiro atoms. The molecule has 0 unspecified atom stereocenters. The van der Waals surface area contributed by atoms with Crippen LogP contribution in [0.15, 0.2) is 35.1 Å². The second kappa shape index (κ2) is 4.02. The molecule has 0 aliphatic rings. The molecule has 0 fully saturated rings. The molecule has 21 heavy (non-hydrogen) atoms. The second-order valence-corrected chi connectivity index (χ2v) is 4.83. The van der Waals surface area contributed by atoms with E-state index in [1.807, 2.05) is 22.6 Å². The Morgan fingerprint density at radius 3 is 2.81 bits per heavy atom. The summed E-state index contributed by atoms with van der Waals surface area (Å²) in [7, 11) is 0. The zero-order valence-electron chi connectivity index (χ0n) is 11.4. The van der Waals surface area contributed by atoms with Crippen molar-refractivity contribution in [2.24, 2.45) is 0 Å². The molecule has 0 bridgehead atoms. The van der Waals surface area contributed by atoms with E-state index in [9.17, 15) is 5.21 Å². The molecule has 0 aliphatic heterocycles. The van der Waals surface area contributed by atoms with Crippen LogP contribution in [0.2, 0.25) is 0 Å². The van der Waals surface area contributed by atoms with Gasteiger partial charge in [-0.3, -0.25) is 4.40 Å². The van der Waals surface area contributed by atoms with Gasteiger partial charge in [0.05, 0.1) is 0 Å². The largest absolute Gasteiger partial charge is 0.618 e. The van der Waals surface area contributed by atoms with Crippen molar-refractivity contribution in [1.29, 1.82) is 0 Å². The molecule has 1 aromatic carbocycles. The predicted octanol–water partition coefficient (Wildman–Crippen LogP) is 1.79. The number of hydrogen-bond acceptors (Lipinski definition) is 5. The Labute approximate surface area is 119 Å². The number of rotatable bonds is 1. The van der Waals surface area contributed by atoms with E-state index in [2.05, 4.69) is 15.1 Å². The average molecular weight is 281 g/mol. The summed E-state index contributed by atoms with van der Waals surface area (Å²) in [5.74, 6) is 0.841. The van der Waals surface area contributed by atoms with Crippen molar-refractivity contribution in [2.45, 2.75) is 13.8 Å². The number of nitrogens with zero attached hydrogens (tertiary/aromatic N) is 5. The maximum absolute atomic E-state index is 12.4. The Kier molecular flexibility index (Phi) is 2.26. The molecule has 0 amide bonds. The fraction of sp³-hybridized carbons (Fsp3) is 0.143. The lowest BCUT2D eigenvalue weighted by Crippen LogP contribution is -2.32. The number of aryl methyl sites for hydroxylation is 2. The van der Waals surface area contributed by atoms with Gasteiger partial charge in [0.15, 0.2) is 11.5 Å². The molecule has 0 N–H and O–H groups in total. The van der Waals surface area contributed by atoms with Gasteiger partial charge < -0.3 is 9.73 Å². The van der Waals surface area contributed by atoms with Crippen molar-refractivity contribution >= 4 is 16.6 Å². The molecule has 0 aliphatic carbocycles. The van der Waals surface area contributed by atoms with Crippen LogP contribution in [0.1, 0.15) is 11.5 Å². The Hall–Kier alpha value is -2.96. The monoisotopic (exact) mass is 281 g/mol. The van der Waals surface area contributed by atoms with Gasteiger partial charge in [-0.1, -0.05) is 17.3 Å². The Morgan fingerprint density at radius 1 is 1.24 bits per heavy atom. The van der Waals surface area contributed by atoms with Crippen LogP contribution < -0.4 is 4.73 Å². The molecule has 7 nitrogen and oxygen atoms in total. The summed E-state index contributed by atoms with van der Waals surface area (Å²) in [5.41, 5.74) is 3.10. The molecule has 0 saturated heterocycles. The third kappa shape index (κ3) is 1.54. The molecule has 0 radical (unpaired) electrons. The van der Waals surface area contributed by atoms with E-state index in [1.54, 1.807) is 26.2 Å². The molecule has 4 aromatic rings. The summed E-state index contributed by atoms with van der Waals surface area (Å²) in [4.78, 5) is 8.53. The number of aromatic nitrogens is 5. The molecule has 0 atom stereocenters. The van der Waals surface area contributed by atoms with E-state index in [-0.39, 0.29) is 0 Å². The van der Waals surface area contributed by atoms with Gasteiger partial charge in [0, 0.05) is 13.0 Å². The minimum absolute atomic E-state index is 0.313. The Balaban J connectivity index is 2.17. The molecule has 4 rings (SSSR count). The molecule has 104 valence electrons. The molecule has 3 aromatic heterocycles. The SMILES string of the molecule is Cc1noc(-c2ncn3c2c(C)[n+]([O-])c2ccccc23)n1. The van der Waals surface area contributed by atoms with Crippen LogP contribution in [-0.4, -0.2) is 19.5 Å². The summed E-state index contributed by atoms with van der Waals surface area (Å²) in [6.45, 7) is 3.49. The molecule has 0 saturated carbocycles. The van der Waals surface area contributed by atoms with Crippen LogP contribution >= 0.6 is 0 Å². The standard InChI is InChI=1S/C14H11N5O2/c1-8-13-12(14-16-9(2)17-21-14)15-7-18(13)10-5-3-4-6-11(10)19(8)20/h3-7H,1-2H3. The first-order valence-corrected chi connectivity index (χ1v) is 6.45. The normalized spacial score (nSPS) is 11.5. The summed E-state index contributed by atoms with van der Waals surface area (Å²) in [6, 6.07) is 7.38. The maximum Gasteiger partial charge on any atom is 0.279 e. The van der Waals surface area contributed by atoms with Crippen LogP contribution in [0, 0.1) is 19.1 Å². The number of imidazole rings is 1. The lowest BCUT2D eigenvalue weighted by molar-refractivity contribution is -0.583. The van der Waals surface area contributed by atoms with Gasteiger partial charge >= 0.3 is 0 Å². The second-order valence-electron chi connectivity index (χ2n) is 4.83. The quantitative estimate of drug-likeness (QED) is 0.392. The number of benzene rings is 1. The van der Waals surface area contributed by atoms with Crippen molar-refractivity contribution in [2.75, 3.05) is 0 Å². The fourth-order valence-corrected chi connectivity index (χ4v) is 2.54. The summed E-state index contributed by atoms with van der Waals surface area (Å²) < 4.78 is 7.95. The highest BCUT2D eigenvalue weighted by Crippen LogP contribution is 2.25. The average Bonchev–Trinajstić information content (AvgIpc) is 3.11. The first-order valence-electron chi connectivity index (χ1n) is 6.45. The first-order chi connectivity index (χ1) is 10.2. The van der Waals surface area contributed by atoms with Crippen LogP contribution in [0.5, 0.6) is 0 Å². The highest BCUT2D eigenvalue weighted by atomic mass is 16.5. The highest BCUT2D eigenvalue weighted by molar-refractivity contribution is 5.82. The third-order valence-electron chi connectivity index (χ3n) is 3.51. The van der Waals surface area contributed by atoms with Gasteiger partial charge in [-0.25, -0.2) is 4.98 Å². The number of hydrogen-bond donors (Lipinski definition) is 0. The van der Waals surface area contributed by atoms with E-state index in [4.69, 9.17) is 4.52 Å². The van der Waals surface area contributed by atoms with Crippen molar-refractivity contribution in [3.63, 3.8) is 0 Å². The zero-order chi connectivity index (χ0) is 14.6. The lowest BCUT2D eigenvalue weighted by atomic mass is 10.2. The summed E-state index contributed by atoms with van der Waals surface area (Å²) >= 11 is 0. The predicted molar refractivity (Wildman–Crippen MR) is 74.4 cm³/mol. The van der Waals surface area contributed by atoms with Crippen LogP contribution in [0.25, 0.3) is 28.1 Å². The van der Waals surface area contributed by atoms with Gasteiger partial charge in [-0.15, -0.1) is 0 Å². The maximum atomic E-state index is 12.4. The van der Waals surface area contributed by atoms with Crippen molar-refractivity contribution in [3.8, 4) is 11.6 Å². The minimum atomic E-state index is 0.313. The van der Waals surface area contributed by atoms with Crippen molar-refractivity contribution < 1.29 is 9.25 Å². The van der Waals surface area contributed by atoms with Crippen molar-refractivity contribution in [1.82, 2.24) is 19.5 Å². The van der Waals surface area contributed by atoms with Crippen molar-refractivity contribution in [3.05, 3.63) is 47.3 Å². The Morgan fingerprint density at radius 2 is 2.05 bits per heavy atom. The fourth-order valence-electron chi connectivity index (χ4n) is 2.54. The van der Waals surface area contributed by atoms with Gasteiger partial charge in [0.2, 0.25) is 11.2 Å². The van der Waals surface area contributed by atoms with Gasteiger partial charge in [-0.2, -0.15) is 9.71 Å². The summed E-state index contributed by atoms with van der Waals surface area (Å²) in [5, 5.41) is 16.2. The number of para-hydroxylation sites is 2. The van der Waals surface area contributed by atoms with E-state index >= 15 is 0 Å². The van der Waals surface area contributed by atoms with E-state index in [1.165, 1.54) is 0 Å².